The van der Waals surface area contributed by atoms with Crippen LogP contribution in [0.25, 0.3) is 0 Å². The molecule has 1 saturated heterocycles. The number of hydrogen-bond acceptors (Lipinski definition) is 5. The molecular formula is C20H26N4O5S. The first-order valence-electron chi connectivity index (χ1n) is 10.2. The van der Waals surface area contributed by atoms with Gasteiger partial charge in [0, 0.05) is 38.3 Å². The Morgan fingerprint density at radius 2 is 1.70 bits per heavy atom. The summed E-state index contributed by atoms with van der Waals surface area (Å²) in [6.45, 7) is 1.87. The zero-order valence-electron chi connectivity index (χ0n) is 16.9. The van der Waals surface area contributed by atoms with Crippen LogP contribution in [0.4, 0.5) is 11.4 Å². The van der Waals surface area contributed by atoms with Crippen LogP contribution in [0, 0.1) is 5.92 Å². The van der Waals surface area contributed by atoms with Crippen molar-refractivity contribution in [2.45, 2.75) is 32.1 Å². The molecule has 0 spiro atoms. The van der Waals surface area contributed by atoms with Crippen molar-refractivity contribution >= 4 is 39.1 Å². The van der Waals surface area contributed by atoms with E-state index in [9.17, 15) is 22.8 Å². The third kappa shape index (κ3) is 4.20. The van der Waals surface area contributed by atoms with E-state index >= 15 is 0 Å². The summed E-state index contributed by atoms with van der Waals surface area (Å²) in [5.74, 6) is -1.14. The zero-order valence-corrected chi connectivity index (χ0v) is 17.8. The number of sulfonamides is 1. The number of anilines is 2. The van der Waals surface area contributed by atoms with Gasteiger partial charge in [-0.05, 0) is 54.9 Å². The Bertz CT molecular complexity index is 999. The fourth-order valence-corrected chi connectivity index (χ4v) is 5.35. The smallest absolute Gasteiger partial charge is 0.313 e. The van der Waals surface area contributed by atoms with Crippen molar-refractivity contribution in [1.82, 2.24) is 9.62 Å². The summed E-state index contributed by atoms with van der Waals surface area (Å²) < 4.78 is 24.6. The molecule has 0 aromatic heterocycles. The number of nitrogens with zero attached hydrogens (tertiary/aromatic N) is 2. The highest BCUT2D eigenvalue weighted by atomic mass is 32.2. The number of rotatable bonds is 4. The minimum Gasteiger partial charge on any atom is -0.348 e. The Morgan fingerprint density at radius 3 is 2.37 bits per heavy atom. The summed E-state index contributed by atoms with van der Waals surface area (Å²) >= 11 is 0. The van der Waals surface area contributed by atoms with E-state index < -0.39 is 21.8 Å². The fraction of sp³-hybridized carbons (Fsp3) is 0.550. The molecule has 3 aliphatic heterocycles. The standard InChI is InChI=1S/C20H26N4O5S/c1-30(28,29)23-7-4-13(5-8-23)12-21-19(26)20(27)22-16-10-14-2-3-17(25)24-9-6-15(11-16)18(14)24/h10-11,13H,2-9,12H2,1H3,(H,21,26)(H,22,27). The van der Waals surface area contributed by atoms with Crippen LogP contribution in [-0.2, 0) is 37.2 Å². The van der Waals surface area contributed by atoms with Crippen molar-refractivity contribution < 1.29 is 22.8 Å². The van der Waals surface area contributed by atoms with Crippen LogP contribution in [0.5, 0.6) is 0 Å². The Labute approximate surface area is 175 Å². The van der Waals surface area contributed by atoms with Gasteiger partial charge in [0.15, 0.2) is 0 Å². The number of hydrogen-bond donors (Lipinski definition) is 2. The molecule has 1 aromatic carbocycles. The molecule has 9 nitrogen and oxygen atoms in total. The van der Waals surface area contributed by atoms with Gasteiger partial charge in [-0.1, -0.05) is 0 Å². The van der Waals surface area contributed by atoms with Gasteiger partial charge < -0.3 is 15.5 Å². The van der Waals surface area contributed by atoms with Crippen molar-refractivity contribution in [2.75, 3.05) is 42.7 Å². The van der Waals surface area contributed by atoms with Crippen LogP contribution >= 0.6 is 0 Å². The first-order valence-corrected chi connectivity index (χ1v) is 12.1. The Hall–Kier alpha value is -2.46. The number of benzene rings is 1. The number of nitrogens with one attached hydrogen (secondary N) is 2. The van der Waals surface area contributed by atoms with Gasteiger partial charge in [0.2, 0.25) is 15.9 Å². The normalized spacial score (nSPS) is 19.5. The maximum absolute atomic E-state index is 12.3. The summed E-state index contributed by atoms with van der Waals surface area (Å²) in [4.78, 5) is 38.4. The maximum atomic E-state index is 12.3. The third-order valence-electron chi connectivity index (χ3n) is 6.11. The van der Waals surface area contributed by atoms with Gasteiger partial charge in [0.1, 0.15) is 0 Å². The van der Waals surface area contributed by atoms with Crippen LogP contribution in [0.2, 0.25) is 0 Å². The topological polar surface area (TPSA) is 116 Å². The molecule has 2 N–H and O–H groups in total. The predicted molar refractivity (Wildman–Crippen MR) is 112 cm³/mol. The second-order valence-corrected chi connectivity index (χ2v) is 10.2. The van der Waals surface area contributed by atoms with Crippen LogP contribution in [0.15, 0.2) is 12.1 Å². The van der Waals surface area contributed by atoms with Crippen molar-refractivity contribution in [3.8, 4) is 0 Å². The van der Waals surface area contributed by atoms with Crippen molar-refractivity contribution in [1.29, 1.82) is 0 Å². The molecule has 0 unspecified atom stereocenters. The average Bonchev–Trinajstić information content (AvgIpc) is 3.14. The lowest BCUT2D eigenvalue weighted by atomic mass is 9.98. The SMILES string of the molecule is CS(=O)(=O)N1CCC(CNC(=O)C(=O)Nc2cc3c4c(c2)CCN4C(=O)CC3)CC1. The molecular weight excluding hydrogens is 408 g/mol. The molecule has 10 heteroatoms. The molecule has 3 aliphatic rings. The van der Waals surface area contributed by atoms with E-state index in [4.69, 9.17) is 0 Å². The molecule has 0 bridgehead atoms. The summed E-state index contributed by atoms with van der Waals surface area (Å²) in [5.41, 5.74) is 3.59. The molecule has 0 aliphatic carbocycles. The lowest BCUT2D eigenvalue weighted by molar-refractivity contribution is -0.136. The number of carbonyl (C=O) groups is 3. The zero-order chi connectivity index (χ0) is 21.5. The minimum absolute atomic E-state index is 0.139. The van der Waals surface area contributed by atoms with Gasteiger partial charge in [0.05, 0.1) is 11.9 Å². The van der Waals surface area contributed by atoms with Gasteiger partial charge in [-0.15, -0.1) is 0 Å². The Balaban J connectivity index is 1.31. The lowest BCUT2D eigenvalue weighted by Crippen LogP contribution is -2.43. The minimum atomic E-state index is -3.18. The van der Waals surface area contributed by atoms with Gasteiger partial charge in [-0.25, -0.2) is 12.7 Å². The highest BCUT2D eigenvalue weighted by molar-refractivity contribution is 7.88. The molecule has 162 valence electrons. The second kappa shape index (κ2) is 7.99. The van der Waals surface area contributed by atoms with E-state index in [1.165, 1.54) is 10.6 Å². The fourth-order valence-electron chi connectivity index (χ4n) is 4.48. The van der Waals surface area contributed by atoms with E-state index in [-0.39, 0.29) is 11.8 Å². The van der Waals surface area contributed by atoms with Crippen LogP contribution in [0.3, 0.4) is 0 Å². The first kappa shape index (κ1) is 20.8. The van der Waals surface area contributed by atoms with E-state index in [0.29, 0.717) is 57.5 Å². The molecule has 4 rings (SSSR count). The molecule has 0 saturated carbocycles. The summed E-state index contributed by atoms with van der Waals surface area (Å²) in [6.07, 6.45) is 4.34. The van der Waals surface area contributed by atoms with E-state index in [1.807, 2.05) is 17.0 Å². The third-order valence-corrected chi connectivity index (χ3v) is 7.41. The van der Waals surface area contributed by atoms with Gasteiger partial charge in [-0.3, -0.25) is 14.4 Å². The van der Waals surface area contributed by atoms with Gasteiger partial charge >= 0.3 is 11.8 Å². The van der Waals surface area contributed by atoms with Crippen LogP contribution in [0.1, 0.15) is 30.4 Å². The van der Waals surface area contributed by atoms with Crippen LogP contribution < -0.4 is 15.5 Å². The largest absolute Gasteiger partial charge is 0.348 e. The highest BCUT2D eigenvalue weighted by Gasteiger charge is 2.32. The maximum Gasteiger partial charge on any atom is 0.313 e. The Morgan fingerprint density at radius 1 is 1.03 bits per heavy atom. The summed E-state index contributed by atoms with van der Waals surface area (Å²) in [5, 5.41) is 5.33. The van der Waals surface area contributed by atoms with Crippen molar-refractivity contribution in [3.63, 3.8) is 0 Å². The lowest BCUT2D eigenvalue weighted by Gasteiger charge is -2.30. The number of carbonyl (C=O) groups excluding carboxylic acids is 3. The molecule has 3 amide bonds. The number of amides is 3. The first-order chi connectivity index (χ1) is 14.2. The monoisotopic (exact) mass is 434 g/mol. The average molecular weight is 435 g/mol. The highest BCUT2D eigenvalue weighted by Crippen LogP contribution is 2.38. The molecule has 0 atom stereocenters. The van der Waals surface area contributed by atoms with E-state index in [2.05, 4.69) is 10.6 Å². The number of aryl methyl sites for hydroxylation is 1. The molecule has 1 fully saturated rings. The summed E-state index contributed by atoms with van der Waals surface area (Å²) in [7, 11) is -3.18. The van der Waals surface area contributed by atoms with Crippen molar-refractivity contribution in [2.24, 2.45) is 5.92 Å². The number of piperidine rings is 1. The van der Waals surface area contributed by atoms with E-state index in [1.54, 1.807) is 0 Å². The van der Waals surface area contributed by atoms with Gasteiger partial charge in [-0.2, -0.15) is 0 Å². The molecule has 30 heavy (non-hydrogen) atoms. The van der Waals surface area contributed by atoms with E-state index in [0.717, 1.165) is 23.2 Å². The van der Waals surface area contributed by atoms with Crippen LogP contribution in [-0.4, -0.2) is 62.9 Å². The van der Waals surface area contributed by atoms with Crippen molar-refractivity contribution in [3.05, 3.63) is 23.3 Å². The molecule has 0 radical (unpaired) electrons. The Kier molecular flexibility index (Phi) is 5.54. The predicted octanol–water partition coefficient (Wildman–Crippen LogP) is 0.248. The second-order valence-electron chi connectivity index (χ2n) is 8.21. The quantitative estimate of drug-likeness (QED) is 0.659. The summed E-state index contributed by atoms with van der Waals surface area (Å²) in [6, 6.07) is 3.68. The molecule has 1 aromatic rings. The molecule has 3 heterocycles. The van der Waals surface area contributed by atoms with Gasteiger partial charge in [0.25, 0.3) is 0 Å².